The summed E-state index contributed by atoms with van der Waals surface area (Å²) < 4.78 is 22.6. The summed E-state index contributed by atoms with van der Waals surface area (Å²) in [6, 6.07) is 44.8. The molecule has 0 fully saturated rings. The molecule has 8 heteroatoms. The zero-order chi connectivity index (χ0) is 61.7. The van der Waals surface area contributed by atoms with E-state index in [-0.39, 0.29) is 60.0 Å². The van der Waals surface area contributed by atoms with Gasteiger partial charge in [0.05, 0.1) is 12.2 Å². The summed E-state index contributed by atoms with van der Waals surface area (Å²) in [7, 11) is 3.07. The van der Waals surface area contributed by atoms with Gasteiger partial charge < -0.3 is 29.2 Å². The van der Waals surface area contributed by atoms with Gasteiger partial charge in [0.1, 0.15) is 12.2 Å². The Kier molecular flexibility index (Phi) is 29.2. The number of aryl methyl sites for hydroxylation is 8. The minimum Gasteiger partial charge on any atom is -0.460 e. The zero-order valence-corrected chi connectivity index (χ0v) is 54.1. The highest BCUT2D eigenvalue weighted by Crippen LogP contribution is 2.37. The van der Waals surface area contributed by atoms with Crippen molar-refractivity contribution >= 4 is 11.9 Å². The number of ether oxygens (including phenoxy) is 4. The fraction of sp³-hybridized carbons (Fsp3) is 0.486. The van der Waals surface area contributed by atoms with Crippen molar-refractivity contribution in [3.8, 4) is 0 Å². The fourth-order valence-corrected chi connectivity index (χ4v) is 11.8. The van der Waals surface area contributed by atoms with Gasteiger partial charge >= 0.3 is 11.9 Å². The van der Waals surface area contributed by atoms with Gasteiger partial charge in [0, 0.05) is 37.9 Å². The second-order valence-corrected chi connectivity index (χ2v) is 24.3. The molecule has 6 rings (SSSR count). The summed E-state index contributed by atoms with van der Waals surface area (Å²) >= 11 is 0. The van der Waals surface area contributed by atoms with Crippen molar-refractivity contribution < 1.29 is 38.7 Å². The van der Waals surface area contributed by atoms with Gasteiger partial charge in [-0.15, -0.1) is 0 Å². The lowest BCUT2D eigenvalue weighted by Gasteiger charge is -2.30. The number of hydrogen-bond acceptors (Lipinski definition) is 8. The van der Waals surface area contributed by atoms with Gasteiger partial charge in [0.2, 0.25) is 0 Å². The van der Waals surface area contributed by atoms with Crippen LogP contribution in [0.4, 0.5) is 0 Å². The Morgan fingerprint density at radius 3 is 0.780 bits per heavy atom. The SMILES string of the molecule is CO[C@H](C(=O)O[C@@H](C)[C@@H](c1cc(C)ccc1C)C(C)C)c1ccccc1.CO[C@H](C(=O)O[C@H](C)[C@H](c1cc(C)ccc1C)C(C)C)c1ccccc1.Cc1ccc(C)c([C@@H](C(C)C)[C@H](C)O)c1.Cc1ccc(C)c([C@H](C(C)C)[C@@H](C)O)c1. The number of carbonyl (C=O) groups excluding carboxylic acids is 2. The van der Waals surface area contributed by atoms with Crippen LogP contribution >= 0.6 is 0 Å². The normalized spacial score (nSPS) is 15.0. The van der Waals surface area contributed by atoms with Crippen LogP contribution in [0.15, 0.2) is 133 Å². The van der Waals surface area contributed by atoms with Gasteiger partial charge in [0.15, 0.2) is 12.2 Å². The van der Waals surface area contributed by atoms with E-state index in [4.69, 9.17) is 18.9 Å². The molecule has 0 aliphatic carbocycles. The highest BCUT2D eigenvalue weighted by Gasteiger charge is 2.33. The van der Waals surface area contributed by atoms with Crippen LogP contribution in [-0.4, -0.2) is 60.8 Å². The van der Waals surface area contributed by atoms with Gasteiger partial charge in [-0.1, -0.05) is 211 Å². The number of hydrogen-bond donors (Lipinski definition) is 2. The first-order valence-electron chi connectivity index (χ1n) is 29.8. The maximum Gasteiger partial charge on any atom is 0.340 e. The van der Waals surface area contributed by atoms with E-state index in [2.05, 4.69) is 184 Å². The largest absolute Gasteiger partial charge is 0.460 e. The lowest BCUT2D eigenvalue weighted by atomic mass is 9.81. The van der Waals surface area contributed by atoms with Gasteiger partial charge in [-0.2, -0.15) is 0 Å². The summed E-state index contributed by atoms with van der Waals surface area (Å²) in [5.41, 5.74) is 16.7. The summed E-state index contributed by atoms with van der Waals surface area (Å²) in [5.74, 6) is 1.67. The van der Waals surface area contributed by atoms with Gasteiger partial charge in [0.25, 0.3) is 0 Å². The van der Waals surface area contributed by atoms with Crippen molar-refractivity contribution in [2.75, 3.05) is 14.2 Å². The highest BCUT2D eigenvalue weighted by molar-refractivity contribution is 5.77. The third kappa shape index (κ3) is 20.8. The average Bonchev–Trinajstić information content (AvgIpc) is 3.39. The molecule has 0 aliphatic heterocycles. The van der Waals surface area contributed by atoms with Crippen molar-refractivity contribution in [3.63, 3.8) is 0 Å². The molecule has 0 radical (unpaired) electrons. The van der Waals surface area contributed by atoms with E-state index >= 15 is 0 Å². The van der Waals surface area contributed by atoms with Crippen molar-refractivity contribution in [1.82, 2.24) is 0 Å². The number of aliphatic hydroxyl groups is 2. The Morgan fingerprint density at radius 1 is 0.341 bits per heavy atom. The topological polar surface area (TPSA) is 112 Å². The fourth-order valence-electron chi connectivity index (χ4n) is 11.8. The van der Waals surface area contributed by atoms with Gasteiger partial charge in [-0.05, 0) is 162 Å². The minimum atomic E-state index is -0.704. The molecule has 8 nitrogen and oxygen atoms in total. The number of esters is 2. The third-order valence-electron chi connectivity index (χ3n) is 15.8. The molecule has 6 aromatic rings. The van der Waals surface area contributed by atoms with E-state index < -0.39 is 12.2 Å². The molecular weight excluding hydrogens is 1020 g/mol. The maximum absolute atomic E-state index is 12.7. The van der Waals surface area contributed by atoms with E-state index in [0.29, 0.717) is 23.7 Å². The molecule has 6 aromatic carbocycles. The minimum absolute atomic E-state index is 0.132. The summed E-state index contributed by atoms with van der Waals surface area (Å²) in [6.07, 6.45) is -2.47. The molecule has 448 valence electrons. The van der Waals surface area contributed by atoms with Gasteiger partial charge in [-0.25, -0.2) is 9.59 Å². The summed E-state index contributed by atoms with van der Waals surface area (Å²) in [6.45, 7) is 41.9. The maximum atomic E-state index is 12.7. The van der Waals surface area contributed by atoms with Crippen molar-refractivity contribution in [2.24, 2.45) is 23.7 Å². The van der Waals surface area contributed by atoms with Crippen LogP contribution in [0, 0.1) is 79.1 Å². The number of carbonyl (C=O) groups is 2. The second kappa shape index (κ2) is 34.0. The predicted octanol–water partition coefficient (Wildman–Crippen LogP) is 17.6. The number of benzene rings is 6. The van der Waals surface area contributed by atoms with Crippen LogP contribution in [0.1, 0.15) is 197 Å². The molecule has 0 saturated carbocycles. The predicted molar refractivity (Wildman–Crippen MR) is 341 cm³/mol. The lowest BCUT2D eigenvalue weighted by molar-refractivity contribution is -0.163. The quantitative estimate of drug-likeness (QED) is 0.0727. The Morgan fingerprint density at radius 2 is 0.573 bits per heavy atom. The number of methoxy groups -OCH3 is 2. The van der Waals surface area contributed by atoms with Crippen molar-refractivity contribution in [1.29, 1.82) is 0 Å². The average molecular weight is 1120 g/mol. The van der Waals surface area contributed by atoms with Crippen molar-refractivity contribution in [2.45, 2.75) is 199 Å². The van der Waals surface area contributed by atoms with Crippen LogP contribution in [0.25, 0.3) is 0 Å². The first-order valence-corrected chi connectivity index (χ1v) is 29.8. The Balaban J connectivity index is 0.000000297. The molecule has 0 aromatic heterocycles. The molecule has 0 unspecified atom stereocenters. The first kappa shape index (κ1) is 70.4. The highest BCUT2D eigenvalue weighted by atomic mass is 16.6. The van der Waals surface area contributed by atoms with Crippen molar-refractivity contribution in [3.05, 3.63) is 211 Å². The lowest BCUT2D eigenvalue weighted by Crippen LogP contribution is -2.29. The molecule has 0 amide bonds. The Hall–Kier alpha value is -5.90. The smallest absolute Gasteiger partial charge is 0.340 e. The Bertz CT molecular complexity index is 2640. The van der Waals surface area contributed by atoms with Crippen LogP contribution in [0.3, 0.4) is 0 Å². The first-order chi connectivity index (χ1) is 38.6. The molecule has 0 spiro atoms. The van der Waals surface area contributed by atoms with E-state index in [1.807, 2.05) is 88.4 Å². The van der Waals surface area contributed by atoms with Gasteiger partial charge in [-0.3, -0.25) is 0 Å². The number of aliphatic hydroxyl groups excluding tert-OH is 2. The van der Waals surface area contributed by atoms with Crippen LogP contribution in [-0.2, 0) is 28.5 Å². The van der Waals surface area contributed by atoms with E-state index in [1.54, 1.807) is 0 Å². The van der Waals surface area contributed by atoms with E-state index in [9.17, 15) is 19.8 Å². The molecule has 0 heterocycles. The Labute approximate surface area is 496 Å². The molecule has 0 saturated heterocycles. The zero-order valence-electron chi connectivity index (χ0n) is 54.1. The molecule has 2 N–H and O–H groups in total. The molecule has 0 bridgehead atoms. The third-order valence-corrected chi connectivity index (χ3v) is 15.8. The summed E-state index contributed by atoms with van der Waals surface area (Å²) in [5, 5.41) is 19.7. The van der Waals surface area contributed by atoms with Crippen LogP contribution < -0.4 is 0 Å². The van der Waals surface area contributed by atoms with Crippen LogP contribution in [0.2, 0.25) is 0 Å². The second-order valence-electron chi connectivity index (χ2n) is 24.3. The molecule has 82 heavy (non-hydrogen) atoms. The molecule has 0 aliphatic rings. The van der Waals surface area contributed by atoms with Crippen LogP contribution in [0.5, 0.6) is 0 Å². The monoisotopic (exact) mass is 1120 g/mol. The standard InChI is InChI=1S/2C23H30O3.2C14H22O/c2*1-15(2)21(20-14-16(3)12-13-17(20)4)18(5)26-23(24)22(25-6)19-10-8-7-9-11-19;2*1-9(2)14(12(5)15)13-8-10(3)6-7-11(13)4/h2*7-15,18,21-22H,1-6H3;2*6-9,12,14-15H,1-5H3/t18-,21-,22+;18-,21-,22-;2*12-,14-/m1010/s1. The van der Waals surface area contributed by atoms with E-state index in [1.165, 1.54) is 81.0 Å². The molecule has 10 atom stereocenters. The van der Waals surface area contributed by atoms with E-state index in [0.717, 1.165) is 11.1 Å². The summed E-state index contributed by atoms with van der Waals surface area (Å²) in [4.78, 5) is 25.5. The number of rotatable bonds is 20. The molecular formula is C74H104O8.